The van der Waals surface area contributed by atoms with Gasteiger partial charge in [-0.1, -0.05) is 28.1 Å². The molecule has 1 aliphatic rings. The first kappa shape index (κ1) is 10.3. The van der Waals surface area contributed by atoms with Crippen LogP contribution in [0.5, 0.6) is 0 Å². The van der Waals surface area contributed by atoms with E-state index in [9.17, 15) is 0 Å². The number of halogens is 1. The second-order valence-electron chi connectivity index (χ2n) is 3.47. The standard InChI is InChI=1S/C12H13BrS/c1-14-10-5-2-4-9(8-10)11-6-3-7-12(11)13/h2,4-5,8H,3,6-7H2,1H3. The molecule has 74 valence electrons. The lowest BCUT2D eigenvalue weighted by Crippen LogP contribution is -1.82. The Morgan fingerprint density at radius 2 is 2.14 bits per heavy atom. The van der Waals surface area contributed by atoms with Gasteiger partial charge >= 0.3 is 0 Å². The second kappa shape index (κ2) is 4.54. The minimum Gasteiger partial charge on any atom is -0.130 e. The van der Waals surface area contributed by atoms with Gasteiger partial charge in [0.2, 0.25) is 0 Å². The first-order valence-corrected chi connectivity index (χ1v) is 6.85. The Morgan fingerprint density at radius 3 is 2.79 bits per heavy atom. The average molecular weight is 269 g/mol. The second-order valence-corrected chi connectivity index (χ2v) is 5.31. The van der Waals surface area contributed by atoms with Crippen molar-refractivity contribution in [1.29, 1.82) is 0 Å². The summed E-state index contributed by atoms with van der Waals surface area (Å²) in [5, 5.41) is 0. The number of rotatable bonds is 2. The molecular weight excluding hydrogens is 256 g/mol. The highest BCUT2D eigenvalue weighted by Crippen LogP contribution is 2.37. The molecule has 0 aliphatic heterocycles. The van der Waals surface area contributed by atoms with E-state index in [4.69, 9.17) is 0 Å². The Labute approximate surface area is 97.9 Å². The summed E-state index contributed by atoms with van der Waals surface area (Å²) in [5.74, 6) is 0. The van der Waals surface area contributed by atoms with Gasteiger partial charge < -0.3 is 0 Å². The number of hydrogen-bond acceptors (Lipinski definition) is 1. The van der Waals surface area contributed by atoms with Crippen molar-refractivity contribution < 1.29 is 0 Å². The van der Waals surface area contributed by atoms with E-state index in [2.05, 4.69) is 46.5 Å². The van der Waals surface area contributed by atoms with Gasteiger partial charge in [-0.3, -0.25) is 0 Å². The molecule has 2 rings (SSSR count). The summed E-state index contributed by atoms with van der Waals surface area (Å²) in [5.41, 5.74) is 2.89. The summed E-state index contributed by atoms with van der Waals surface area (Å²) < 4.78 is 1.40. The molecule has 0 unspecified atom stereocenters. The third-order valence-corrected chi connectivity index (χ3v) is 4.17. The van der Waals surface area contributed by atoms with Crippen molar-refractivity contribution in [2.75, 3.05) is 6.26 Å². The molecule has 0 radical (unpaired) electrons. The van der Waals surface area contributed by atoms with Crippen molar-refractivity contribution in [3.63, 3.8) is 0 Å². The normalized spacial score (nSPS) is 16.4. The largest absolute Gasteiger partial charge is 0.130 e. The molecule has 14 heavy (non-hydrogen) atoms. The predicted octanol–water partition coefficient (Wildman–Crippen LogP) is 4.70. The minimum atomic E-state index is 1.21. The van der Waals surface area contributed by atoms with Crippen LogP contribution in [-0.2, 0) is 0 Å². The molecule has 0 N–H and O–H groups in total. The Bertz CT molecular complexity index is 368. The highest BCUT2D eigenvalue weighted by atomic mass is 79.9. The molecule has 1 aliphatic carbocycles. The highest BCUT2D eigenvalue weighted by Gasteiger charge is 2.13. The van der Waals surface area contributed by atoms with Gasteiger partial charge in [-0.05, 0) is 53.3 Å². The van der Waals surface area contributed by atoms with Gasteiger partial charge in [-0.15, -0.1) is 11.8 Å². The van der Waals surface area contributed by atoms with E-state index < -0.39 is 0 Å². The minimum absolute atomic E-state index is 1.21. The third kappa shape index (κ3) is 2.06. The summed E-state index contributed by atoms with van der Waals surface area (Å²) in [6.45, 7) is 0. The van der Waals surface area contributed by atoms with E-state index >= 15 is 0 Å². The number of benzene rings is 1. The van der Waals surface area contributed by atoms with Crippen molar-refractivity contribution in [2.45, 2.75) is 24.2 Å². The fourth-order valence-corrected chi connectivity index (χ4v) is 2.99. The van der Waals surface area contributed by atoms with Crippen LogP contribution in [0.4, 0.5) is 0 Å². The molecule has 0 saturated carbocycles. The zero-order valence-corrected chi connectivity index (χ0v) is 10.6. The van der Waals surface area contributed by atoms with Crippen LogP contribution in [-0.4, -0.2) is 6.26 Å². The Balaban J connectivity index is 2.36. The lowest BCUT2D eigenvalue weighted by molar-refractivity contribution is 0.931. The van der Waals surface area contributed by atoms with E-state index in [0.717, 1.165) is 0 Å². The van der Waals surface area contributed by atoms with Crippen molar-refractivity contribution in [1.82, 2.24) is 0 Å². The number of allylic oxidation sites excluding steroid dienone is 2. The molecule has 0 amide bonds. The topological polar surface area (TPSA) is 0 Å². The zero-order chi connectivity index (χ0) is 9.97. The first-order chi connectivity index (χ1) is 6.81. The summed E-state index contributed by atoms with van der Waals surface area (Å²) in [6.07, 6.45) is 5.84. The maximum absolute atomic E-state index is 3.66. The summed E-state index contributed by atoms with van der Waals surface area (Å²) >= 11 is 5.47. The summed E-state index contributed by atoms with van der Waals surface area (Å²) in [6, 6.07) is 8.80. The molecule has 1 aromatic rings. The van der Waals surface area contributed by atoms with Crippen LogP contribution in [0.1, 0.15) is 24.8 Å². The van der Waals surface area contributed by atoms with E-state index in [-0.39, 0.29) is 0 Å². The highest BCUT2D eigenvalue weighted by molar-refractivity contribution is 9.11. The van der Waals surface area contributed by atoms with E-state index in [1.165, 1.54) is 39.8 Å². The van der Waals surface area contributed by atoms with Crippen molar-refractivity contribution in [3.8, 4) is 0 Å². The van der Waals surface area contributed by atoms with E-state index in [0.29, 0.717) is 0 Å². The van der Waals surface area contributed by atoms with E-state index in [1.54, 1.807) is 11.8 Å². The fourth-order valence-electron chi connectivity index (χ4n) is 1.82. The zero-order valence-electron chi connectivity index (χ0n) is 8.22. The number of hydrogen-bond donors (Lipinski definition) is 0. The van der Waals surface area contributed by atoms with Gasteiger partial charge in [0.1, 0.15) is 0 Å². The molecule has 2 heteroatoms. The van der Waals surface area contributed by atoms with Crippen LogP contribution in [0.3, 0.4) is 0 Å². The van der Waals surface area contributed by atoms with Crippen LogP contribution in [0.15, 0.2) is 33.6 Å². The van der Waals surface area contributed by atoms with Gasteiger partial charge in [0, 0.05) is 4.90 Å². The van der Waals surface area contributed by atoms with Crippen LogP contribution in [0.25, 0.3) is 5.57 Å². The van der Waals surface area contributed by atoms with Gasteiger partial charge in [-0.25, -0.2) is 0 Å². The molecular formula is C12H13BrS. The lowest BCUT2D eigenvalue weighted by Gasteiger charge is -2.05. The Hall–Kier alpha value is -0.210. The fraction of sp³-hybridized carbons (Fsp3) is 0.333. The smallest absolute Gasteiger partial charge is 0.00751 e. The van der Waals surface area contributed by atoms with E-state index in [1.807, 2.05) is 0 Å². The van der Waals surface area contributed by atoms with Gasteiger partial charge in [0.05, 0.1) is 0 Å². The van der Waals surface area contributed by atoms with Crippen molar-refractivity contribution >= 4 is 33.3 Å². The molecule has 0 bridgehead atoms. The number of thioether (sulfide) groups is 1. The third-order valence-electron chi connectivity index (χ3n) is 2.57. The monoisotopic (exact) mass is 268 g/mol. The summed E-state index contributed by atoms with van der Waals surface area (Å²) in [4.78, 5) is 1.35. The van der Waals surface area contributed by atoms with Crippen LogP contribution >= 0.6 is 27.7 Å². The van der Waals surface area contributed by atoms with Gasteiger partial charge in [0.15, 0.2) is 0 Å². The maximum atomic E-state index is 3.66. The molecule has 0 atom stereocenters. The van der Waals surface area contributed by atoms with Gasteiger partial charge in [0.25, 0.3) is 0 Å². The predicted molar refractivity (Wildman–Crippen MR) is 67.9 cm³/mol. The molecule has 1 aromatic carbocycles. The Morgan fingerprint density at radius 1 is 1.29 bits per heavy atom. The molecule has 0 aromatic heterocycles. The van der Waals surface area contributed by atoms with Crippen LogP contribution in [0, 0.1) is 0 Å². The average Bonchev–Trinajstić information content (AvgIpc) is 2.65. The molecule has 0 fully saturated rings. The molecule has 0 spiro atoms. The van der Waals surface area contributed by atoms with Gasteiger partial charge in [-0.2, -0.15) is 0 Å². The van der Waals surface area contributed by atoms with Crippen molar-refractivity contribution in [3.05, 3.63) is 34.3 Å². The lowest BCUT2D eigenvalue weighted by atomic mass is 10.1. The first-order valence-electron chi connectivity index (χ1n) is 4.83. The van der Waals surface area contributed by atoms with Crippen LogP contribution < -0.4 is 0 Å². The quantitative estimate of drug-likeness (QED) is 0.701. The maximum Gasteiger partial charge on any atom is 0.00751 e. The molecule has 0 saturated heterocycles. The SMILES string of the molecule is CSc1cccc(C2=C(Br)CCC2)c1. The molecule has 0 nitrogen and oxygen atoms in total. The molecule has 0 heterocycles. The van der Waals surface area contributed by atoms with Crippen LogP contribution in [0.2, 0.25) is 0 Å². The van der Waals surface area contributed by atoms with Crippen molar-refractivity contribution in [2.24, 2.45) is 0 Å². The summed E-state index contributed by atoms with van der Waals surface area (Å²) in [7, 11) is 0. The Kier molecular flexibility index (Phi) is 3.34.